The highest BCUT2D eigenvalue weighted by molar-refractivity contribution is 6.34. The molecule has 14 heavy (non-hydrogen) atoms. The standard InChI is InChI=1S/C9H10ClN3O/c1-13-7-4-2-3-6(5-14-11)8(7)9(10)12-13/h2-4H,5,11H2,1H3. The van der Waals surface area contributed by atoms with E-state index in [-0.39, 0.29) is 0 Å². The Morgan fingerprint density at radius 3 is 3.07 bits per heavy atom. The predicted molar refractivity (Wildman–Crippen MR) is 54.7 cm³/mol. The second-order valence-electron chi connectivity index (χ2n) is 3.04. The number of nitrogens with two attached hydrogens (primary N) is 1. The molecule has 0 saturated carbocycles. The minimum atomic E-state index is 0.336. The van der Waals surface area contributed by atoms with Crippen molar-refractivity contribution >= 4 is 22.5 Å². The maximum atomic E-state index is 5.99. The van der Waals surface area contributed by atoms with Crippen molar-refractivity contribution in [1.29, 1.82) is 0 Å². The van der Waals surface area contributed by atoms with E-state index in [0.717, 1.165) is 16.5 Å². The summed E-state index contributed by atoms with van der Waals surface area (Å²) in [5.74, 6) is 5.04. The molecule has 4 nitrogen and oxygen atoms in total. The van der Waals surface area contributed by atoms with Crippen molar-refractivity contribution in [3.05, 3.63) is 28.9 Å². The van der Waals surface area contributed by atoms with E-state index >= 15 is 0 Å². The van der Waals surface area contributed by atoms with E-state index < -0.39 is 0 Å². The molecular formula is C9H10ClN3O. The van der Waals surface area contributed by atoms with Crippen molar-refractivity contribution in [2.24, 2.45) is 12.9 Å². The number of hydrogen-bond donors (Lipinski definition) is 1. The first-order valence-electron chi connectivity index (χ1n) is 4.16. The molecule has 74 valence electrons. The van der Waals surface area contributed by atoms with Crippen LogP contribution in [-0.4, -0.2) is 9.78 Å². The summed E-state index contributed by atoms with van der Waals surface area (Å²) in [7, 11) is 1.85. The smallest absolute Gasteiger partial charge is 0.159 e. The first kappa shape index (κ1) is 9.45. The molecule has 0 spiro atoms. The first-order valence-corrected chi connectivity index (χ1v) is 4.53. The zero-order chi connectivity index (χ0) is 10.1. The van der Waals surface area contributed by atoms with Gasteiger partial charge in [-0.15, -0.1) is 0 Å². The number of aromatic nitrogens is 2. The molecule has 2 aromatic rings. The van der Waals surface area contributed by atoms with Crippen LogP contribution in [0, 0.1) is 0 Å². The van der Waals surface area contributed by atoms with Gasteiger partial charge in [0.05, 0.1) is 12.1 Å². The normalized spacial score (nSPS) is 11.1. The molecule has 0 radical (unpaired) electrons. The van der Waals surface area contributed by atoms with Crippen LogP contribution in [0.5, 0.6) is 0 Å². The van der Waals surface area contributed by atoms with Crippen molar-refractivity contribution in [2.45, 2.75) is 6.61 Å². The van der Waals surface area contributed by atoms with E-state index in [1.54, 1.807) is 4.68 Å². The molecule has 0 saturated heterocycles. The van der Waals surface area contributed by atoms with Crippen LogP contribution in [0.15, 0.2) is 18.2 Å². The quantitative estimate of drug-likeness (QED) is 0.768. The maximum Gasteiger partial charge on any atom is 0.159 e. The Morgan fingerprint density at radius 1 is 1.57 bits per heavy atom. The monoisotopic (exact) mass is 211 g/mol. The lowest BCUT2D eigenvalue weighted by atomic mass is 10.1. The summed E-state index contributed by atoms with van der Waals surface area (Å²) in [6.45, 7) is 0.336. The minimum Gasteiger partial charge on any atom is -0.300 e. The molecule has 5 heteroatoms. The number of fused-ring (bicyclic) bond motifs is 1. The van der Waals surface area contributed by atoms with Gasteiger partial charge >= 0.3 is 0 Å². The number of halogens is 1. The van der Waals surface area contributed by atoms with Crippen molar-refractivity contribution in [3.8, 4) is 0 Å². The molecule has 1 aromatic heterocycles. The van der Waals surface area contributed by atoms with E-state index in [0.29, 0.717) is 11.8 Å². The zero-order valence-corrected chi connectivity index (χ0v) is 8.45. The number of benzene rings is 1. The third-order valence-corrected chi connectivity index (χ3v) is 2.42. The van der Waals surface area contributed by atoms with Gasteiger partial charge in [-0.25, -0.2) is 5.90 Å². The van der Waals surface area contributed by atoms with E-state index in [4.69, 9.17) is 17.5 Å². The zero-order valence-electron chi connectivity index (χ0n) is 7.70. The Kier molecular flexibility index (Phi) is 2.41. The van der Waals surface area contributed by atoms with E-state index in [1.807, 2.05) is 25.2 Å². The van der Waals surface area contributed by atoms with Crippen molar-refractivity contribution in [1.82, 2.24) is 9.78 Å². The summed E-state index contributed by atoms with van der Waals surface area (Å²) in [5.41, 5.74) is 1.92. The van der Waals surface area contributed by atoms with Crippen LogP contribution in [0.2, 0.25) is 5.15 Å². The number of hydrogen-bond acceptors (Lipinski definition) is 3. The molecule has 0 amide bonds. The fraction of sp³-hybridized carbons (Fsp3) is 0.222. The number of nitrogens with zero attached hydrogens (tertiary/aromatic N) is 2. The Balaban J connectivity index is 2.72. The molecule has 0 aliphatic rings. The molecule has 0 unspecified atom stereocenters. The van der Waals surface area contributed by atoms with Gasteiger partial charge in [0.25, 0.3) is 0 Å². The number of rotatable bonds is 2. The fourth-order valence-electron chi connectivity index (χ4n) is 1.54. The molecule has 0 fully saturated rings. The van der Waals surface area contributed by atoms with Crippen LogP contribution in [0.3, 0.4) is 0 Å². The molecule has 2 rings (SSSR count). The molecule has 0 bridgehead atoms. The van der Waals surface area contributed by atoms with Gasteiger partial charge in [-0.2, -0.15) is 5.10 Å². The minimum absolute atomic E-state index is 0.336. The summed E-state index contributed by atoms with van der Waals surface area (Å²) in [6.07, 6.45) is 0. The third kappa shape index (κ3) is 1.37. The van der Waals surface area contributed by atoms with Gasteiger partial charge in [-0.3, -0.25) is 9.52 Å². The lowest BCUT2D eigenvalue weighted by Crippen LogP contribution is -1.99. The van der Waals surface area contributed by atoms with E-state index in [9.17, 15) is 0 Å². The van der Waals surface area contributed by atoms with Crippen molar-refractivity contribution in [2.75, 3.05) is 0 Å². The van der Waals surface area contributed by atoms with Crippen LogP contribution in [0.1, 0.15) is 5.56 Å². The maximum absolute atomic E-state index is 5.99. The van der Waals surface area contributed by atoms with Crippen LogP contribution in [0.4, 0.5) is 0 Å². The Bertz CT molecular complexity index is 466. The van der Waals surface area contributed by atoms with Crippen LogP contribution >= 0.6 is 11.6 Å². The van der Waals surface area contributed by atoms with Gasteiger partial charge in [0.1, 0.15) is 0 Å². The number of aryl methyl sites for hydroxylation is 1. The molecule has 0 atom stereocenters. The average molecular weight is 212 g/mol. The Morgan fingerprint density at radius 2 is 2.36 bits per heavy atom. The first-order chi connectivity index (χ1) is 6.74. The average Bonchev–Trinajstić information content (AvgIpc) is 2.44. The highest BCUT2D eigenvalue weighted by Crippen LogP contribution is 2.26. The summed E-state index contributed by atoms with van der Waals surface area (Å²) in [6, 6.07) is 5.80. The second kappa shape index (κ2) is 3.57. The van der Waals surface area contributed by atoms with Crippen molar-refractivity contribution < 1.29 is 4.84 Å². The van der Waals surface area contributed by atoms with E-state index in [2.05, 4.69) is 9.94 Å². The topological polar surface area (TPSA) is 53.1 Å². The molecule has 0 aliphatic heterocycles. The third-order valence-electron chi connectivity index (χ3n) is 2.16. The molecular weight excluding hydrogens is 202 g/mol. The molecule has 0 aliphatic carbocycles. The summed E-state index contributed by atoms with van der Waals surface area (Å²) < 4.78 is 1.73. The largest absolute Gasteiger partial charge is 0.300 e. The van der Waals surface area contributed by atoms with Crippen LogP contribution in [0.25, 0.3) is 10.9 Å². The fourth-order valence-corrected chi connectivity index (χ4v) is 1.87. The van der Waals surface area contributed by atoms with Crippen LogP contribution < -0.4 is 5.90 Å². The summed E-state index contributed by atoms with van der Waals surface area (Å²) >= 11 is 5.99. The summed E-state index contributed by atoms with van der Waals surface area (Å²) in [4.78, 5) is 4.60. The molecule has 1 heterocycles. The highest BCUT2D eigenvalue weighted by atomic mass is 35.5. The highest BCUT2D eigenvalue weighted by Gasteiger charge is 2.10. The predicted octanol–water partition coefficient (Wildman–Crippen LogP) is 1.62. The van der Waals surface area contributed by atoms with Gasteiger partial charge in [-0.1, -0.05) is 23.7 Å². The van der Waals surface area contributed by atoms with Crippen LogP contribution in [-0.2, 0) is 18.5 Å². The lowest BCUT2D eigenvalue weighted by molar-refractivity contribution is 0.125. The van der Waals surface area contributed by atoms with E-state index in [1.165, 1.54) is 0 Å². The van der Waals surface area contributed by atoms with Gasteiger partial charge in [0.15, 0.2) is 5.15 Å². The Hall–Kier alpha value is -1.10. The molecule has 1 aromatic carbocycles. The lowest BCUT2D eigenvalue weighted by Gasteiger charge is -2.01. The Labute approximate surface area is 86.2 Å². The second-order valence-corrected chi connectivity index (χ2v) is 3.39. The van der Waals surface area contributed by atoms with Gasteiger partial charge in [-0.05, 0) is 11.6 Å². The van der Waals surface area contributed by atoms with Gasteiger partial charge in [0, 0.05) is 12.4 Å². The van der Waals surface area contributed by atoms with Gasteiger partial charge in [0.2, 0.25) is 0 Å². The SMILES string of the molecule is Cn1nc(Cl)c2c(CON)cccc21. The summed E-state index contributed by atoms with van der Waals surface area (Å²) in [5, 5.41) is 5.51. The molecule has 2 N–H and O–H groups in total. The van der Waals surface area contributed by atoms with Crippen molar-refractivity contribution in [3.63, 3.8) is 0 Å². The van der Waals surface area contributed by atoms with Gasteiger partial charge < -0.3 is 0 Å².